The van der Waals surface area contributed by atoms with Crippen LogP contribution >= 0.6 is 0 Å². The van der Waals surface area contributed by atoms with Crippen LogP contribution in [0.25, 0.3) is 0 Å². The fourth-order valence-electron chi connectivity index (χ4n) is 2.54. The van der Waals surface area contributed by atoms with E-state index in [1.165, 1.54) is 16.5 Å². The molecule has 0 aromatic carbocycles. The summed E-state index contributed by atoms with van der Waals surface area (Å²) in [5, 5.41) is 38.7. The van der Waals surface area contributed by atoms with Gasteiger partial charge in [0.05, 0.1) is 6.61 Å². The van der Waals surface area contributed by atoms with Gasteiger partial charge in [-0.1, -0.05) is 0 Å². The Balaban J connectivity index is 1.99. The molecule has 0 bridgehead atoms. The van der Waals surface area contributed by atoms with Crippen molar-refractivity contribution in [2.75, 3.05) is 23.5 Å². The van der Waals surface area contributed by atoms with Crippen molar-refractivity contribution in [2.24, 2.45) is 0 Å². The van der Waals surface area contributed by atoms with Gasteiger partial charge in [-0.2, -0.15) is 16.4 Å². The number of rotatable bonds is 2. The minimum absolute atomic E-state index is 0.0913. The fourth-order valence-corrected chi connectivity index (χ4v) is 2.54. The summed E-state index contributed by atoms with van der Waals surface area (Å²) < 4.78 is 5.39. The third-order valence-corrected chi connectivity index (χ3v) is 3.56. The van der Waals surface area contributed by atoms with Crippen LogP contribution in [0.3, 0.4) is 0 Å². The van der Waals surface area contributed by atoms with Crippen molar-refractivity contribution >= 4 is 11.5 Å². The topological polar surface area (TPSA) is 144 Å². The molecular formula is C11H15N4O6-. The summed E-state index contributed by atoms with van der Waals surface area (Å²) in [5.41, 5.74) is -0.515. The van der Waals surface area contributed by atoms with E-state index in [0.717, 1.165) is 0 Å². The third-order valence-electron chi connectivity index (χ3n) is 3.56. The van der Waals surface area contributed by atoms with Crippen LogP contribution in [0.5, 0.6) is 5.88 Å². The second-order valence-corrected chi connectivity index (χ2v) is 4.93. The molecule has 10 heteroatoms. The molecule has 10 nitrogen and oxygen atoms in total. The lowest BCUT2D eigenvalue weighted by Gasteiger charge is -2.39. The Bertz CT molecular complexity index is 607. The molecule has 1 saturated heterocycles. The van der Waals surface area contributed by atoms with Crippen molar-refractivity contribution in [1.82, 2.24) is 9.97 Å². The van der Waals surface area contributed by atoms with Crippen LogP contribution < -0.4 is 20.5 Å². The summed E-state index contributed by atoms with van der Waals surface area (Å²) >= 11 is 0. The largest absolute Gasteiger partial charge is 0.492 e. The average molecular weight is 299 g/mol. The van der Waals surface area contributed by atoms with E-state index in [0.29, 0.717) is 0 Å². The van der Waals surface area contributed by atoms with Crippen LogP contribution in [0.1, 0.15) is 0 Å². The van der Waals surface area contributed by atoms with Gasteiger partial charge in [-0.15, -0.1) is 0 Å². The molecule has 2 aliphatic heterocycles. The van der Waals surface area contributed by atoms with Gasteiger partial charge in [-0.3, -0.25) is 4.98 Å². The maximum atomic E-state index is 11.4. The maximum absolute atomic E-state index is 11.4. The first-order valence-corrected chi connectivity index (χ1v) is 6.26. The molecular weight excluding hydrogens is 284 g/mol. The number of aromatic nitrogens is 2. The minimum Gasteiger partial charge on any atom is -0.492 e. The number of H-pyrrole nitrogens is 1. The summed E-state index contributed by atoms with van der Waals surface area (Å²) in [5.74, 6) is -0.272. The molecule has 0 amide bonds. The molecule has 21 heavy (non-hydrogen) atoms. The summed E-state index contributed by atoms with van der Waals surface area (Å²) in [6.07, 6.45) is -4.54. The van der Waals surface area contributed by atoms with E-state index in [9.17, 15) is 20.1 Å². The Hall–Kier alpha value is -1.88. The van der Waals surface area contributed by atoms with Crippen LogP contribution in [0.2, 0.25) is 0 Å². The van der Waals surface area contributed by atoms with Crippen LogP contribution in [0, 0.1) is 6.67 Å². The number of fused-ring (bicyclic) bond motifs is 1. The molecule has 1 fully saturated rings. The maximum Gasteiger partial charge on any atom is 0.341 e. The normalized spacial score (nSPS) is 31.8. The van der Waals surface area contributed by atoms with Crippen LogP contribution in [0.4, 0.5) is 11.5 Å². The third kappa shape index (κ3) is 2.03. The molecule has 5 N–H and O–H groups in total. The molecule has 0 aliphatic carbocycles. The minimum atomic E-state index is -1.30. The highest BCUT2D eigenvalue weighted by Crippen LogP contribution is 2.42. The van der Waals surface area contributed by atoms with E-state index < -0.39 is 36.8 Å². The zero-order valence-electron chi connectivity index (χ0n) is 11.0. The fraction of sp³-hybridized carbons (Fsp3) is 0.545. The summed E-state index contributed by atoms with van der Waals surface area (Å²) in [6.45, 7) is 1.00. The summed E-state index contributed by atoms with van der Waals surface area (Å²) in [7, 11) is 1.61. The number of ether oxygens (including phenoxy) is 1. The lowest BCUT2D eigenvalue weighted by Crippen LogP contribution is -2.43. The molecule has 116 valence electrons. The highest BCUT2D eigenvalue weighted by molar-refractivity contribution is 5.78. The van der Waals surface area contributed by atoms with E-state index in [2.05, 4.69) is 9.97 Å². The summed E-state index contributed by atoms with van der Waals surface area (Å²) in [6, 6.07) is 0. The molecule has 0 spiro atoms. The van der Waals surface area contributed by atoms with E-state index >= 15 is 0 Å². The molecule has 0 saturated carbocycles. The van der Waals surface area contributed by atoms with Gasteiger partial charge >= 0.3 is 5.69 Å². The molecule has 3 heterocycles. The Morgan fingerprint density at radius 1 is 1.48 bits per heavy atom. The summed E-state index contributed by atoms with van der Waals surface area (Å²) in [4.78, 5) is 20.1. The second kappa shape index (κ2) is 4.84. The van der Waals surface area contributed by atoms with Crippen molar-refractivity contribution in [3.05, 3.63) is 17.2 Å². The molecule has 4 atom stereocenters. The highest BCUT2D eigenvalue weighted by Gasteiger charge is 2.44. The molecule has 3 rings (SSSR count). The Kier molecular flexibility index (Phi) is 3.24. The number of nitrogens with zero attached hydrogens (tertiary/aromatic N) is 3. The molecule has 2 aliphatic rings. The van der Waals surface area contributed by atoms with E-state index in [-0.39, 0.29) is 17.4 Å². The quantitative estimate of drug-likeness (QED) is 0.364. The van der Waals surface area contributed by atoms with Crippen molar-refractivity contribution in [3.63, 3.8) is 0 Å². The smallest absolute Gasteiger partial charge is 0.341 e. The standard InChI is InChI=1S/C11H15N4O6/c1-14-3-15(8-5(14)9(19)13-11(20)12-8)10-7(18)6(17)4(2-16)21-10/h3-4,6-7,10,16-18H,2H2,1H3,(H2-,12,13,19,20)/q-1/t4-,6+,7+,10+/m0/s1. The van der Waals surface area contributed by atoms with Gasteiger partial charge in [0.25, 0.3) is 5.88 Å². The SMILES string of the molecule is CN1[CH-]N([C@@H]2O[C@@H](CO)[C@@H](O)[C@H]2O)[c+]2[n-]c(=O)[nH]c(O)c21. The number of aromatic amines is 1. The number of aliphatic hydroxyl groups excluding tert-OH is 3. The van der Waals surface area contributed by atoms with Crippen molar-refractivity contribution in [3.8, 4) is 5.88 Å². The number of aliphatic hydroxyl groups is 3. The monoisotopic (exact) mass is 299 g/mol. The lowest BCUT2D eigenvalue weighted by atomic mass is 10.1. The first-order chi connectivity index (χ1) is 9.93. The van der Waals surface area contributed by atoms with Gasteiger partial charge in [-0.25, -0.2) is 0 Å². The van der Waals surface area contributed by atoms with Crippen molar-refractivity contribution in [1.29, 1.82) is 0 Å². The molecule has 0 radical (unpaired) electrons. The number of hydrogen-bond acceptors (Lipinski definition) is 8. The highest BCUT2D eigenvalue weighted by atomic mass is 16.6. The van der Waals surface area contributed by atoms with E-state index in [1.807, 2.05) is 0 Å². The van der Waals surface area contributed by atoms with Gasteiger partial charge in [-0.05, 0) is 7.05 Å². The van der Waals surface area contributed by atoms with Gasteiger partial charge in [0.1, 0.15) is 30.4 Å². The number of hydrogen-bond donors (Lipinski definition) is 5. The Labute approximate surface area is 118 Å². The number of nitrogens with one attached hydrogen (secondary N) is 1. The zero-order chi connectivity index (χ0) is 15.3. The first kappa shape index (κ1) is 14.1. The van der Waals surface area contributed by atoms with Crippen molar-refractivity contribution in [2.45, 2.75) is 24.5 Å². The van der Waals surface area contributed by atoms with E-state index in [1.54, 1.807) is 7.05 Å². The number of anilines is 2. The van der Waals surface area contributed by atoms with Gasteiger partial charge in [0.2, 0.25) is 0 Å². The Morgan fingerprint density at radius 2 is 2.19 bits per heavy atom. The van der Waals surface area contributed by atoms with Gasteiger partial charge < -0.3 is 35.0 Å². The van der Waals surface area contributed by atoms with Crippen LogP contribution in [0.15, 0.2) is 4.79 Å². The van der Waals surface area contributed by atoms with Crippen LogP contribution in [-0.4, -0.2) is 63.6 Å². The van der Waals surface area contributed by atoms with Crippen LogP contribution in [-0.2, 0) is 4.74 Å². The first-order valence-electron chi connectivity index (χ1n) is 6.26. The van der Waals surface area contributed by atoms with Gasteiger partial charge in [0, 0.05) is 0 Å². The molecule has 1 aromatic rings. The molecule has 1 aromatic heterocycles. The predicted octanol–water partition coefficient (Wildman–Crippen LogP) is -2.87. The van der Waals surface area contributed by atoms with E-state index in [4.69, 9.17) is 9.84 Å². The number of aromatic hydroxyl groups is 1. The average Bonchev–Trinajstić information content (AvgIpc) is 2.89. The second-order valence-electron chi connectivity index (χ2n) is 4.93. The predicted molar refractivity (Wildman–Crippen MR) is 69.4 cm³/mol. The Morgan fingerprint density at radius 3 is 2.81 bits per heavy atom. The van der Waals surface area contributed by atoms with Crippen molar-refractivity contribution < 1.29 is 25.2 Å². The lowest BCUT2D eigenvalue weighted by molar-refractivity contribution is -0.0209. The zero-order valence-corrected chi connectivity index (χ0v) is 11.0. The molecule has 0 unspecified atom stereocenters. The van der Waals surface area contributed by atoms with Gasteiger partial charge in [0.15, 0.2) is 5.69 Å².